The van der Waals surface area contributed by atoms with Crippen molar-refractivity contribution in [3.63, 3.8) is 0 Å². The highest BCUT2D eigenvalue weighted by atomic mass is 19.1. The lowest BCUT2D eigenvalue weighted by atomic mass is 9.81. The first-order valence-electron chi connectivity index (χ1n) is 4.00. The molecule has 0 aromatic rings. The van der Waals surface area contributed by atoms with E-state index in [-0.39, 0.29) is 25.2 Å². The third-order valence-electron chi connectivity index (χ3n) is 2.46. The van der Waals surface area contributed by atoms with Gasteiger partial charge < -0.3 is 0 Å². The van der Waals surface area contributed by atoms with Crippen molar-refractivity contribution in [1.82, 2.24) is 0 Å². The molecule has 0 N–H and O–H groups in total. The quantitative estimate of drug-likeness (QED) is 0.564. The van der Waals surface area contributed by atoms with Crippen LogP contribution in [0.5, 0.6) is 0 Å². The molecule has 0 heterocycles. The number of rotatable bonds is 2. The standard InChI is InChI=1S/C8H14F2/c9-5-7-3-1-2-4-8(7)6-10/h7-8H,1-6H2/t7-,8-/m1/s1. The average molecular weight is 148 g/mol. The minimum Gasteiger partial charge on any atom is -0.251 e. The average Bonchev–Trinajstić information content (AvgIpc) is 2.04. The molecule has 0 saturated heterocycles. The summed E-state index contributed by atoms with van der Waals surface area (Å²) in [6.45, 7) is -0.650. The second-order valence-electron chi connectivity index (χ2n) is 3.11. The van der Waals surface area contributed by atoms with Crippen LogP contribution in [0.25, 0.3) is 0 Å². The van der Waals surface area contributed by atoms with Crippen LogP contribution < -0.4 is 0 Å². The van der Waals surface area contributed by atoms with Crippen LogP contribution in [0.15, 0.2) is 0 Å². The summed E-state index contributed by atoms with van der Waals surface area (Å²) in [5.41, 5.74) is 0. The van der Waals surface area contributed by atoms with E-state index in [1.807, 2.05) is 0 Å². The van der Waals surface area contributed by atoms with Gasteiger partial charge in [0.15, 0.2) is 0 Å². The summed E-state index contributed by atoms with van der Waals surface area (Å²) in [6, 6.07) is 0. The van der Waals surface area contributed by atoms with Crippen molar-refractivity contribution >= 4 is 0 Å². The molecule has 1 aliphatic carbocycles. The maximum Gasteiger partial charge on any atom is 0.0926 e. The maximum atomic E-state index is 12.1. The minimum absolute atomic E-state index is 0.0266. The summed E-state index contributed by atoms with van der Waals surface area (Å²) in [5.74, 6) is 0.0532. The van der Waals surface area contributed by atoms with Crippen LogP contribution in [0.3, 0.4) is 0 Å². The first-order chi connectivity index (χ1) is 4.88. The fraction of sp³-hybridized carbons (Fsp3) is 1.00. The molecule has 0 nitrogen and oxygen atoms in total. The molecule has 1 fully saturated rings. The van der Waals surface area contributed by atoms with Gasteiger partial charge >= 0.3 is 0 Å². The van der Waals surface area contributed by atoms with E-state index in [1.54, 1.807) is 0 Å². The van der Waals surface area contributed by atoms with Gasteiger partial charge in [0.05, 0.1) is 13.3 Å². The molecule has 2 atom stereocenters. The van der Waals surface area contributed by atoms with Crippen LogP contribution in [0, 0.1) is 11.8 Å². The van der Waals surface area contributed by atoms with E-state index in [9.17, 15) is 8.78 Å². The van der Waals surface area contributed by atoms with Crippen molar-refractivity contribution in [2.24, 2.45) is 11.8 Å². The van der Waals surface area contributed by atoms with E-state index in [0.29, 0.717) is 0 Å². The number of hydrogen-bond donors (Lipinski definition) is 0. The van der Waals surface area contributed by atoms with Gasteiger partial charge in [-0.3, -0.25) is 8.78 Å². The molecule has 10 heavy (non-hydrogen) atoms. The van der Waals surface area contributed by atoms with Crippen LogP contribution in [-0.2, 0) is 0 Å². The molecule has 0 aliphatic heterocycles. The Morgan fingerprint density at radius 2 is 1.30 bits per heavy atom. The second-order valence-corrected chi connectivity index (χ2v) is 3.11. The zero-order valence-corrected chi connectivity index (χ0v) is 6.15. The first kappa shape index (κ1) is 7.96. The summed E-state index contributed by atoms with van der Waals surface area (Å²) in [6.07, 6.45) is 3.96. The van der Waals surface area contributed by atoms with Crippen LogP contribution in [0.2, 0.25) is 0 Å². The summed E-state index contributed by atoms with van der Waals surface area (Å²) in [7, 11) is 0. The van der Waals surface area contributed by atoms with Gasteiger partial charge in [0, 0.05) is 0 Å². The molecule has 1 saturated carbocycles. The Bertz CT molecular complexity index is 81.3. The fourth-order valence-corrected chi connectivity index (χ4v) is 1.69. The first-order valence-corrected chi connectivity index (χ1v) is 4.00. The highest BCUT2D eigenvalue weighted by Crippen LogP contribution is 2.30. The third-order valence-corrected chi connectivity index (χ3v) is 2.46. The molecule has 0 bridgehead atoms. The van der Waals surface area contributed by atoms with Crippen LogP contribution in [0.1, 0.15) is 25.7 Å². The Morgan fingerprint density at radius 1 is 0.900 bits per heavy atom. The molecule has 1 aliphatic rings. The van der Waals surface area contributed by atoms with E-state index in [2.05, 4.69) is 0 Å². The normalized spacial score (nSPS) is 34.2. The topological polar surface area (TPSA) is 0 Å². The molecule has 0 aromatic heterocycles. The van der Waals surface area contributed by atoms with Gasteiger partial charge in [0.25, 0.3) is 0 Å². The SMILES string of the molecule is FC[C@H]1CCCC[C@@H]1CF. The fourth-order valence-electron chi connectivity index (χ4n) is 1.69. The van der Waals surface area contributed by atoms with Crippen LogP contribution >= 0.6 is 0 Å². The number of halogens is 2. The summed E-state index contributed by atoms with van der Waals surface area (Å²) < 4.78 is 24.3. The third kappa shape index (κ3) is 1.68. The Morgan fingerprint density at radius 3 is 1.60 bits per heavy atom. The molecule has 60 valence electrons. The molecular weight excluding hydrogens is 134 g/mol. The van der Waals surface area contributed by atoms with Gasteiger partial charge in [0.2, 0.25) is 0 Å². The van der Waals surface area contributed by atoms with Crippen molar-refractivity contribution in [2.45, 2.75) is 25.7 Å². The molecule has 0 unspecified atom stereocenters. The van der Waals surface area contributed by atoms with Gasteiger partial charge in [-0.1, -0.05) is 12.8 Å². The minimum atomic E-state index is -0.325. The van der Waals surface area contributed by atoms with E-state index < -0.39 is 0 Å². The van der Waals surface area contributed by atoms with Crippen LogP contribution in [0.4, 0.5) is 8.78 Å². The zero-order valence-electron chi connectivity index (χ0n) is 6.15. The Hall–Kier alpha value is -0.140. The monoisotopic (exact) mass is 148 g/mol. The van der Waals surface area contributed by atoms with Crippen molar-refractivity contribution < 1.29 is 8.78 Å². The molecular formula is C8H14F2. The smallest absolute Gasteiger partial charge is 0.0926 e. The van der Waals surface area contributed by atoms with E-state index in [4.69, 9.17) is 0 Å². The number of alkyl halides is 2. The zero-order chi connectivity index (χ0) is 7.40. The highest BCUT2D eigenvalue weighted by molar-refractivity contribution is 4.73. The van der Waals surface area contributed by atoms with Crippen molar-refractivity contribution in [3.05, 3.63) is 0 Å². The van der Waals surface area contributed by atoms with Crippen molar-refractivity contribution in [1.29, 1.82) is 0 Å². The maximum absolute atomic E-state index is 12.1. The molecule has 2 heteroatoms. The number of hydrogen-bond acceptors (Lipinski definition) is 0. The van der Waals surface area contributed by atoms with E-state index in [1.165, 1.54) is 0 Å². The lowest BCUT2D eigenvalue weighted by Gasteiger charge is -2.26. The Kier molecular flexibility index (Phi) is 3.10. The van der Waals surface area contributed by atoms with Gasteiger partial charge in [-0.05, 0) is 24.7 Å². The van der Waals surface area contributed by atoms with E-state index in [0.717, 1.165) is 25.7 Å². The van der Waals surface area contributed by atoms with Crippen molar-refractivity contribution in [3.8, 4) is 0 Å². The van der Waals surface area contributed by atoms with Gasteiger partial charge in [0.1, 0.15) is 0 Å². The largest absolute Gasteiger partial charge is 0.251 e. The molecule has 0 aromatic carbocycles. The summed E-state index contributed by atoms with van der Waals surface area (Å²) in [5, 5.41) is 0. The lowest BCUT2D eigenvalue weighted by molar-refractivity contribution is 0.160. The van der Waals surface area contributed by atoms with Gasteiger partial charge in [-0.15, -0.1) is 0 Å². The molecule has 0 spiro atoms. The van der Waals surface area contributed by atoms with E-state index >= 15 is 0 Å². The highest BCUT2D eigenvalue weighted by Gasteiger charge is 2.24. The predicted octanol–water partition coefficient (Wildman–Crippen LogP) is 2.73. The summed E-state index contributed by atoms with van der Waals surface area (Å²) in [4.78, 5) is 0. The molecule has 0 radical (unpaired) electrons. The summed E-state index contributed by atoms with van der Waals surface area (Å²) >= 11 is 0. The van der Waals surface area contributed by atoms with Gasteiger partial charge in [-0.25, -0.2) is 0 Å². The van der Waals surface area contributed by atoms with Crippen LogP contribution in [-0.4, -0.2) is 13.3 Å². The predicted molar refractivity (Wildman–Crippen MR) is 37.4 cm³/mol. The van der Waals surface area contributed by atoms with Gasteiger partial charge in [-0.2, -0.15) is 0 Å². The Balaban J connectivity index is 2.34. The lowest BCUT2D eigenvalue weighted by Crippen LogP contribution is -2.22. The Labute approximate surface area is 60.6 Å². The second kappa shape index (κ2) is 3.89. The molecule has 0 amide bonds. The molecule has 1 rings (SSSR count). The van der Waals surface area contributed by atoms with Crippen molar-refractivity contribution in [2.75, 3.05) is 13.3 Å².